The fraction of sp³-hybridized carbons (Fsp3) is 0.455. The number of benzene rings is 1. The molecule has 0 aromatic heterocycles. The minimum absolute atomic E-state index is 0.178. The third-order valence-corrected chi connectivity index (χ3v) is 2.34. The Labute approximate surface area is 104 Å². The summed E-state index contributed by atoms with van der Waals surface area (Å²) in [4.78, 5) is 10.4. The van der Waals surface area contributed by atoms with E-state index >= 15 is 0 Å². The average molecular weight is 256 g/mol. The van der Waals surface area contributed by atoms with Crippen LogP contribution < -0.4 is 15.2 Å². The van der Waals surface area contributed by atoms with E-state index in [9.17, 15) is 15.2 Å². The van der Waals surface area contributed by atoms with E-state index in [0.717, 1.165) is 0 Å². The van der Waals surface area contributed by atoms with Crippen LogP contribution in [0.4, 0.5) is 5.69 Å². The van der Waals surface area contributed by atoms with Gasteiger partial charge in [-0.25, -0.2) is 0 Å². The van der Waals surface area contributed by atoms with E-state index in [1.165, 1.54) is 26.2 Å². The second kappa shape index (κ2) is 6.18. The van der Waals surface area contributed by atoms with Gasteiger partial charge in [0, 0.05) is 6.54 Å². The number of aliphatic hydroxyl groups is 1. The fourth-order valence-electron chi connectivity index (χ4n) is 1.50. The molecule has 1 atom stereocenters. The van der Waals surface area contributed by atoms with Crippen molar-refractivity contribution in [3.63, 3.8) is 0 Å². The van der Waals surface area contributed by atoms with Gasteiger partial charge in [-0.2, -0.15) is 0 Å². The van der Waals surface area contributed by atoms with Crippen molar-refractivity contribution >= 4 is 5.69 Å². The highest BCUT2D eigenvalue weighted by atomic mass is 16.6. The second-order valence-corrected chi connectivity index (χ2v) is 3.63. The van der Waals surface area contributed by atoms with Gasteiger partial charge in [-0.3, -0.25) is 10.1 Å². The number of nitrogens with zero attached hydrogens (tertiary/aromatic N) is 1. The summed E-state index contributed by atoms with van der Waals surface area (Å²) in [5.74, 6) is 0.559. The van der Waals surface area contributed by atoms with E-state index < -0.39 is 11.0 Å². The van der Waals surface area contributed by atoms with Gasteiger partial charge in [-0.15, -0.1) is 0 Å². The van der Waals surface area contributed by atoms with Crippen LogP contribution in [0.2, 0.25) is 0 Å². The zero-order chi connectivity index (χ0) is 13.7. The largest absolute Gasteiger partial charge is 0.493 e. The molecule has 0 bridgehead atoms. The maximum atomic E-state index is 10.9. The lowest BCUT2D eigenvalue weighted by molar-refractivity contribution is -0.386. The lowest BCUT2D eigenvalue weighted by Crippen LogP contribution is -2.11. The van der Waals surface area contributed by atoms with Crippen LogP contribution >= 0.6 is 0 Å². The molecule has 18 heavy (non-hydrogen) atoms. The van der Waals surface area contributed by atoms with Gasteiger partial charge in [0.2, 0.25) is 0 Å². The minimum atomic E-state index is -0.970. The summed E-state index contributed by atoms with van der Waals surface area (Å²) in [6, 6.07) is 2.63. The van der Waals surface area contributed by atoms with E-state index in [0.29, 0.717) is 5.75 Å². The normalized spacial score (nSPS) is 12.0. The van der Waals surface area contributed by atoms with E-state index in [-0.39, 0.29) is 30.2 Å². The van der Waals surface area contributed by atoms with Gasteiger partial charge in [-0.05, 0) is 13.0 Å². The van der Waals surface area contributed by atoms with Crippen molar-refractivity contribution in [2.24, 2.45) is 5.73 Å². The van der Waals surface area contributed by atoms with Crippen LogP contribution in [-0.4, -0.2) is 30.3 Å². The van der Waals surface area contributed by atoms with E-state index in [4.69, 9.17) is 15.2 Å². The van der Waals surface area contributed by atoms with Crippen molar-refractivity contribution in [2.45, 2.75) is 13.0 Å². The smallest absolute Gasteiger partial charge is 0.279 e. The number of ether oxygens (including phenoxy) is 2. The van der Waals surface area contributed by atoms with Crippen molar-refractivity contribution in [1.29, 1.82) is 0 Å². The maximum Gasteiger partial charge on any atom is 0.279 e. The molecule has 0 spiro atoms. The van der Waals surface area contributed by atoms with Crippen LogP contribution in [0.3, 0.4) is 0 Å². The molecule has 0 saturated carbocycles. The highest BCUT2D eigenvalue weighted by Crippen LogP contribution is 2.37. The van der Waals surface area contributed by atoms with Gasteiger partial charge in [0.1, 0.15) is 6.61 Å². The number of methoxy groups -OCH3 is 1. The predicted molar refractivity (Wildman–Crippen MR) is 64.8 cm³/mol. The summed E-state index contributed by atoms with van der Waals surface area (Å²) in [6.07, 6.45) is -0.970. The Morgan fingerprint density at radius 2 is 2.17 bits per heavy atom. The Morgan fingerprint density at radius 3 is 2.61 bits per heavy atom. The predicted octanol–water partition coefficient (Wildman–Crippen LogP) is 0.994. The van der Waals surface area contributed by atoms with Crippen LogP contribution in [0, 0.1) is 10.1 Å². The molecule has 7 nitrogen and oxygen atoms in total. The Kier molecular flexibility index (Phi) is 4.87. The summed E-state index contributed by atoms with van der Waals surface area (Å²) >= 11 is 0. The minimum Gasteiger partial charge on any atom is -0.493 e. The SMILES string of the molecule is COc1cc(C(C)O)c([N+](=O)[O-])cc1OCCN. The molecular formula is C11H16N2O5. The number of rotatable bonds is 6. The number of aliphatic hydroxyl groups excluding tert-OH is 1. The van der Waals surface area contributed by atoms with Gasteiger partial charge >= 0.3 is 0 Å². The van der Waals surface area contributed by atoms with Gasteiger partial charge in [-0.1, -0.05) is 0 Å². The Bertz CT molecular complexity index is 434. The Morgan fingerprint density at radius 1 is 1.50 bits per heavy atom. The molecule has 0 saturated heterocycles. The highest BCUT2D eigenvalue weighted by Gasteiger charge is 2.22. The lowest BCUT2D eigenvalue weighted by atomic mass is 10.1. The zero-order valence-corrected chi connectivity index (χ0v) is 10.3. The highest BCUT2D eigenvalue weighted by molar-refractivity contribution is 5.55. The summed E-state index contributed by atoms with van der Waals surface area (Å²) in [5.41, 5.74) is 5.27. The summed E-state index contributed by atoms with van der Waals surface area (Å²) in [5, 5.41) is 20.4. The molecule has 0 aliphatic rings. The standard InChI is InChI=1S/C11H16N2O5/c1-7(14)8-5-10(17-2)11(18-4-3-12)6-9(8)13(15)16/h5-7,14H,3-4,12H2,1-2H3. The summed E-state index contributed by atoms with van der Waals surface area (Å²) in [7, 11) is 1.42. The van der Waals surface area contributed by atoms with E-state index in [1.807, 2.05) is 0 Å². The first kappa shape index (κ1) is 14.2. The molecule has 1 aromatic carbocycles. The van der Waals surface area contributed by atoms with Crippen molar-refractivity contribution in [2.75, 3.05) is 20.3 Å². The van der Waals surface area contributed by atoms with E-state index in [2.05, 4.69) is 0 Å². The first-order valence-corrected chi connectivity index (χ1v) is 5.38. The Balaban J connectivity index is 3.27. The van der Waals surface area contributed by atoms with Crippen LogP contribution in [-0.2, 0) is 0 Å². The number of nitro groups is 1. The van der Waals surface area contributed by atoms with Gasteiger partial charge in [0.25, 0.3) is 5.69 Å². The molecule has 100 valence electrons. The molecule has 0 aliphatic heterocycles. The number of hydrogen-bond acceptors (Lipinski definition) is 6. The second-order valence-electron chi connectivity index (χ2n) is 3.63. The fourth-order valence-corrected chi connectivity index (χ4v) is 1.50. The zero-order valence-electron chi connectivity index (χ0n) is 10.3. The summed E-state index contributed by atoms with van der Waals surface area (Å²) in [6.45, 7) is 1.96. The van der Waals surface area contributed by atoms with Crippen molar-refractivity contribution in [3.05, 3.63) is 27.8 Å². The molecule has 0 radical (unpaired) electrons. The molecule has 3 N–H and O–H groups in total. The van der Waals surface area contributed by atoms with Gasteiger partial charge in [0.15, 0.2) is 11.5 Å². The van der Waals surface area contributed by atoms with Gasteiger partial charge < -0.3 is 20.3 Å². The van der Waals surface area contributed by atoms with Gasteiger partial charge in [0.05, 0.1) is 29.8 Å². The van der Waals surface area contributed by atoms with Crippen LogP contribution in [0.15, 0.2) is 12.1 Å². The molecule has 1 rings (SSSR count). The van der Waals surface area contributed by atoms with Crippen LogP contribution in [0.25, 0.3) is 0 Å². The topological polar surface area (TPSA) is 108 Å². The van der Waals surface area contributed by atoms with Crippen molar-refractivity contribution < 1.29 is 19.5 Å². The lowest BCUT2D eigenvalue weighted by Gasteiger charge is -2.13. The van der Waals surface area contributed by atoms with Crippen molar-refractivity contribution in [3.8, 4) is 11.5 Å². The molecular weight excluding hydrogens is 240 g/mol. The molecule has 7 heteroatoms. The third-order valence-electron chi connectivity index (χ3n) is 2.34. The number of nitrogens with two attached hydrogens (primary N) is 1. The Hall–Kier alpha value is -1.86. The molecule has 0 aliphatic carbocycles. The number of nitro benzene ring substituents is 1. The average Bonchev–Trinajstić information content (AvgIpc) is 2.34. The summed E-state index contributed by atoms with van der Waals surface area (Å²) < 4.78 is 10.3. The molecule has 0 fully saturated rings. The first-order chi connectivity index (χ1) is 8.51. The van der Waals surface area contributed by atoms with E-state index in [1.54, 1.807) is 0 Å². The molecule has 1 unspecified atom stereocenters. The number of hydrogen-bond donors (Lipinski definition) is 2. The monoisotopic (exact) mass is 256 g/mol. The third kappa shape index (κ3) is 3.08. The molecule has 1 aromatic rings. The maximum absolute atomic E-state index is 10.9. The van der Waals surface area contributed by atoms with Crippen LogP contribution in [0.5, 0.6) is 11.5 Å². The molecule has 0 amide bonds. The molecule has 0 heterocycles. The van der Waals surface area contributed by atoms with Crippen LogP contribution in [0.1, 0.15) is 18.6 Å². The van der Waals surface area contributed by atoms with Crippen molar-refractivity contribution in [1.82, 2.24) is 0 Å². The quantitative estimate of drug-likeness (QED) is 0.580. The first-order valence-electron chi connectivity index (χ1n) is 5.38.